The van der Waals surface area contributed by atoms with Crippen molar-refractivity contribution in [1.29, 1.82) is 0 Å². The van der Waals surface area contributed by atoms with Gasteiger partial charge in [-0.1, -0.05) is 29.8 Å². The van der Waals surface area contributed by atoms with E-state index < -0.39 is 0 Å². The summed E-state index contributed by atoms with van der Waals surface area (Å²) in [6.07, 6.45) is 3.70. The molecule has 0 spiro atoms. The molecule has 0 radical (unpaired) electrons. The first kappa shape index (κ1) is 15.7. The highest BCUT2D eigenvalue weighted by molar-refractivity contribution is 5.25. The van der Waals surface area contributed by atoms with Crippen LogP contribution in [0, 0.1) is 6.92 Å². The van der Waals surface area contributed by atoms with Gasteiger partial charge in [-0.15, -0.1) is 0 Å². The number of nitrogens with one attached hydrogen (secondary N) is 1. The van der Waals surface area contributed by atoms with Gasteiger partial charge in [0.15, 0.2) is 0 Å². The second-order valence-corrected chi connectivity index (χ2v) is 5.69. The van der Waals surface area contributed by atoms with E-state index >= 15 is 0 Å². The molecule has 0 fully saturated rings. The molecule has 2 unspecified atom stereocenters. The normalized spacial score (nSPS) is 14.1. The van der Waals surface area contributed by atoms with E-state index in [1.165, 1.54) is 16.7 Å². The fourth-order valence-corrected chi connectivity index (χ4v) is 2.63. The van der Waals surface area contributed by atoms with Crippen LogP contribution < -0.4 is 5.32 Å². The molecular formula is C18H25N3. The summed E-state index contributed by atoms with van der Waals surface area (Å²) in [7, 11) is 4.20. The van der Waals surface area contributed by atoms with E-state index in [0.29, 0.717) is 12.1 Å². The van der Waals surface area contributed by atoms with Crippen molar-refractivity contribution < 1.29 is 0 Å². The van der Waals surface area contributed by atoms with Crippen LogP contribution >= 0.6 is 0 Å². The summed E-state index contributed by atoms with van der Waals surface area (Å²) < 4.78 is 0. The highest BCUT2D eigenvalue weighted by Gasteiger charge is 2.21. The van der Waals surface area contributed by atoms with Crippen LogP contribution in [0.15, 0.2) is 48.8 Å². The van der Waals surface area contributed by atoms with E-state index in [0.717, 1.165) is 6.54 Å². The zero-order chi connectivity index (χ0) is 15.2. The second kappa shape index (κ2) is 7.34. The van der Waals surface area contributed by atoms with E-state index in [-0.39, 0.29) is 0 Å². The van der Waals surface area contributed by atoms with Gasteiger partial charge in [0, 0.05) is 31.0 Å². The van der Waals surface area contributed by atoms with Crippen molar-refractivity contribution >= 4 is 0 Å². The fraction of sp³-hybridized carbons (Fsp3) is 0.389. The molecule has 0 amide bonds. The summed E-state index contributed by atoms with van der Waals surface area (Å²) >= 11 is 0. The van der Waals surface area contributed by atoms with Crippen molar-refractivity contribution in [3.63, 3.8) is 0 Å². The molecule has 2 rings (SSSR count). The number of aromatic nitrogens is 1. The largest absolute Gasteiger partial charge is 0.312 e. The lowest BCUT2D eigenvalue weighted by Crippen LogP contribution is -2.39. The zero-order valence-corrected chi connectivity index (χ0v) is 13.4. The summed E-state index contributed by atoms with van der Waals surface area (Å²) in [5.41, 5.74) is 3.92. The quantitative estimate of drug-likeness (QED) is 0.882. The fourth-order valence-electron chi connectivity index (χ4n) is 2.63. The van der Waals surface area contributed by atoms with Gasteiger partial charge in [-0.05, 0) is 51.2 Å². The Balaban J connectivity index is 2.08. The second-order valence-electron chi connectivity index (χ2n) is 5.69. The van der Waals surface area contributed by atoms with E-state index in [2.05, 4.69) is 72.5 Å². The number of aryl methyl sites for hydroxylation is 1. The third kappa shape index (κ3) is 4.13. The number of hydrogen-bond acceptors (Lipinski definition) is 3. The van der Waals surface area contributed by atoms with Gasteiger partial charge in [0.2, 0.25) is 0 Å². The van der Waals surface area contributed by atoms with Gasteiger partial charge in [0.05, 0.1) is 0 Å². The summed E-state index contributed by atoms with van der Waals surface area (Å²) in [6.45, 7) is 5.31. The predicted octanol–water partition coefficient (Wildman–Crippen LogP) is 3.17. The first-order chi connectivity index (χ1) is 10.1. The Kier molecular flexibility index (Phi) is 5.48. The maximum Gasteiger partial charge on any atom is 0.0473 e. The highest BCUT2D eigenvalue weighted by atomic mass is 15.2. The van der Waals surface area contributed by atoms with Crippen molar-refractivity contribution in [2.24, 2.45) is 0 Å². The number of benzene rings is 1. The predicted molar refractivity (Wildman–Crippen MR) is 88.1 cm³/mol. The molecule has 1 aromatic heterocycles. The molecule has 0 aliphatic heterocycles. The van der Waals surface area contributed by atoms with Gasteiger partial charge in [0.25, 0.3) is 0 Å². The number of pyridine rings is 1. The minimum absolute atomic E-state index is 0.317. The number of hydrogen-bond donors (Lipinski definition) is 1. The average molecular weight is 283 g/mol. The third-order valence-corrected chi connectivity index (χ3v) is 4.11. The zero-order valence-electron chi connectivity index (χ0n) is 13.4. The molecule has 0 aliphatic carbocycles. The number of nitrogens with zero attached hydrogens (tertiary/aromatic N) is 2. The van der Waals surface area contributed by atoms with Crippen molar-refractivity contribution in [2.45, 2.75) is 32.5 Å². The Labute approximate surface area is 128 Å². The molecule has 2 atom stereocenters. The van der Waals surface area contributed by atoms with Crippen LogP contribution in [0.3, 0.4) is 0 Å². The van der Waals surface area contributed by atoms with Gasteiger partial charge >= 0.3 is 0 Å². The van der Waals surface area contributed by atoms with Crippen molar-refractivity contribution in [3.05, 3.63) is 65.5 Å². The lowest BCUT2D eigenvalue weighted by Gasteiger charge is -2.32. The average Bonchev–Trinajstić information content (AvgIpc) is 2.50. The lowest BCUT2D eigenvalue weighted by atomic mass is 9.98. The third-order valence-electron chi connectivity index (χ3n) is 4.11. The molecule has 0 saturated carbocycles. The van der Waals surface area contributed by atoms with Gasteiger partial charge in [0.1, 0.15) is 0 Å². The monoisotopic (exact) mass is 283 g/mol. The minimum Gasteiger partial charge on any atom is -0.312 e. The van der Waals surface area contributed by atoms with Crippen molar-refractivity contribution in [2.75, 3.05) is 14.1 Å². The smallest absolute Gasteiger partial charge is 0.0473 e. The van der Waals surface area contributed by atoms with E-state index in [1.54, 1.807) is 0 Å². The van der Waals surface area contributed by atoms with Crippen LogP contribution in [0.2, 0.25) is 0 Å². The standard InChI is InChI=1S/C18H25N3/c1-14-5-7-17(8-6-14)18(19-3)15(2)21(4)13-16-9-11-20-12-10-16/h5-12,15,18-19H,13H2,1-4H3. The molecule has 1 aromatic carbocycles. The minimum atomic E-state index is 0.317. The Morgan fingerprint density at radius 2 is 1.71 bits per heavy atom. The number of likely N-dealkylation sites (N-methyl/N-ethyl adjacent to an activating group) is 2. The molecule has 2 aromatic rings. The summed E-state index contributed by atoms with van der Waals surface area (Å²) in [4.78, 5) is 6.45. The Morgan fingerprint density at radius 3 is 2.29 bits per heavy atom. The molecule has 1 heterocycles. The summed E-state index contributed by atoms with van der Waals surface area (Å²) in [5.74, 6) is 0. The van der Waals surface area contributed by atoms with Crippen LogP contribution in [0.25, 0.3) is 0 Å². The van der Waals surface area contributed by atoms with Crippen LogP contribution in [-0.2, 0) is 6.54 Å². The Morgan fingerprint density at radius 1 is 1.10 bits per heavy atom. The molecule has 1 N–H and O–H groups in total. The first-order valence-electron chi connectivity index (χ1n) is 7.45. The molecule has 112 valence electrons. The molecule has 0 saturated heterocycles. The van der Waals surface area contributed by atoms with Crippen LogP contribution in [0.4, 0.5) is 0 Å². The summed E-state index contributed by atoms with van der Waals surface area (Å²) in [6, 6.07) is 13.6. The Hall–Kier alpha value is -1.71. The molecular weight excluding hydrogens is 258 g/mol. The van der Waals surface area contributed by atoms with E-state index in [4.69, 9.17) is 0 Å². The van der Waals surface area contributed by atoms with Gasteiger partial charge in [-0.3, -0.25) is 9.88 Å². The first-order valence-corrected chi connectivity index (χ1v) is 7.45. The van der Waals surface area contributed by atoms with Crippen molar-refractivity contribution in [1.82, 2.24) is 15.2 Å². The van der Waals surface area contributed by atoms with Gasteiger partial charge < -0.3 is 5.32 Å². The van der Waals surface area contributed by atoms with Gasteiger partial charge in [-0.2, -0.15) is 0 Å². The van der Waals surface area contributed by atoms with E-state index in [9.17, 15) is 0 Å². The maximum atomic E-state index is 4.07. The van der Waals surface area contributed by atoms with Crippen LogP contribution in [0.5, 0.6) is 0 Å². The topological polar surface area (TPSA) is 28.2 Å². The van der Waals surface area contributed by atoms with Gasteiger partial charge in [-0.25, -0.2) is 0 Å². The van der Waals surface area contributed by atoms with E-state index in [1.807, 2.05) is 19.4 Å². The maximum absolute atomic E-state index is 4.07. The SMILES string of the molecule is CNC(c1ccc(C)cc1)C(C)N(C)Cc1ccncc1. The van der Waals surface area contributed by atoms with Crippen LogP contribution in [0.1, 0.15) is 29.7 Å². The summed E-state index contributed by atoms with van der Waals surface area (Å²) in [5, 5.41) is 3.45. The van der Waals surface area contributed by atoms with Crippen LogP contribution in [-0.4, -0.2) is 30.0 Å². The number of rotatable bonds is 6. The molecule has 0 bridgehead atoms. The highest BCUT2D eigenvalue weighted by Crippen LogP contribution is 2.21. The Bertz CT molecular complexity index is 536. The molecule has 3 nitrogen and oxygen atoms in total. The lowest BCUT2D eigenvalue weighted by molar-refractivity contribution is 0.204. The molecule has 21 heavy (non-hydrogen) atoms. The molecule has 0 aliphatic rings. The van der Waals surface area contributed by atoms with Crippen molar-refractivity contribution in [3.8, 4) is 0 Å². The molecule has 3 heteroatoms.